The Hall–Kier alpha value is -2.30. The van der Waals surface area contributed by atoms with E-state index in [1.54, 1.807) is 18.2 Å². The molecule has 0 aliphatic carbocycles. The molecular formula is C13H10F2N2O. The molecule has 2 rings (SSSR count). The molecule has 0 fully saturated rings. The van der Waals surface area contributed by atoms with Crippen LogP contribution in [-0.4, -0.2) is 10.9 Å². The lowest BCUT2D eigenvalue weighted by Gasteiger charge is -2.06. The molecule has 0 saturated carbocycles. The Bertz CT molecular complexity index is 599. The maximum Gasteiger partial charge on any atom is 0.255 e. The highest BCUT2D eigenvalue weighted by Crippen LogP contribution is 2.13. The summed E-state index contributed by atoms with van der Waals surface area (Å²) in [6, 6.07) is 8.96. The number of amides is 1. The maximum absolute atomic E-state index is 13.2. The van der Waals surface area contributed by atoms with E-state index in [4.69, 9.17) is 0 Å². The molecule has 0 spiro atoms. The molecule has 1 amide bonds. The second-order valence-corrected chi connectivity index (χ2v) is 3.80. The molecule has 1 N–H and O–H groups in total. The smallest absolute Gasteiger partial charge is 0.255 e. The number of carbonyl (C=O) groups excluding carboxylic acids is 1. The zero-order chi connectivity index (χ0) is 13.1. The Kier molecular flexibility index (Phi) is 3.32. The maximum atomic E-state index is 13.2. The largest absolute Gasteiger partial charge is 0.318 e. The van der Waals surface area contributed by atoms with Gasteiger partial charge in [-0.2, -0.15) is 13.8 Å². The monoisotopic (exact) mass is 248 g/mol. The third kappa shape index (κ3) is 2.68. The minimum atomic E-state index is -1.05. The van der Waals surface area contributed by atoms with E-state index in [1.165, 1.54) is 0 Å². The number of aromatic nitrogens is 1. The Morgan fingerprint density at radius 3 is 2.67 bits per heavy atom. The summed E-state index contributed by atoms with van der Waals surface area (Å²) in [6.45, 7) is 1.84. The second-order valence-electron chi connectivity index (χ2n) is 3.80. The van der Waals surface area contributed by atoms with Crippen LogP contribution in [0.1, 0.15) is 15.9 Å². The molecule has 0 atom stereocenters. The zero-order valence-electron chi connectivity index (χ0n) is 9.58. The van der Waals surface area contributed by atoms with E-state index < -0.39 is 17.8 Å². The molecule has 0 aliphatic rings. The van der Waals surface area contributed by atoms with E-state index >= 15 is 0 Å². The number of benzene rings is 1. The van der Waals surface area contributed by atoms with Crippen molar-refractivity contribution < 1.29 is 13.6 Å². The standard InChI is InChI=1S/C13H10F2N2O/c1-8-3-2-4-9(7-8)13(18)16-10-5-6-11(14)17-12(10)15/h2-7H,1H3,(H,16,18). The van der Waals surface area contributed by atoms with Crippen LogP contribution >= 0.6 is 0 Å². The lowest BCUT2D eigenvalue weighted by Crippen LogP contribution is -2.13. The summed E-state index contributed by atoms with van der Waals surface area (Å²) in [6.07, 6.45) is 0. The van der Waals surface area contributed by atoms with Crippen molar-refractivity contribution in [3.63, 3.8) is 0 Å². The van der Waals surface area contributed by atoms with E-state index in [9.17, 15) is 13.6 Å². The van der Waals surface area contributed by atoms with Crippen LogP contribution in [0.4, 0.5) is 14.5 Å². The fourth-order valence-corrected chi connectivity index (χ4v) is 1.49. The Morgan fingerprint density at radius 2 is 2.00 bits per heavy atom. The molecule has 92 valence electrons. The fraction of sp³-hybridized carbons (Fsp3) is 0.0769. The van der Waals surface area contributed by atoms with Gasteiger partial charge in [-0.1, -0.05) is 17.7 Å². The van der Waals surface area contributed by atoms with Crippen molar-refractivity contribution in [1.82, 2.24) is 4.98 Å². The van der Waals surface area contributed by atoms with Crippen LogP contribution in [0, 0.1) is 18.8 Å². The molecule has 2 aromatic rings. The Balaban J connectivity index is 2.21. The molecule has 0 aliphatic heterocycles. The van der Waals surface area contributed by atoms with Gasteiger partial charge < -0.3 is 5.32 Å². The van der Waals surface area contributed by atoms with Crippen molar-refractivity contribution >= 4 is 11.6 Å². The van der Waals surface area contributed by atoms with E-state index in [0.717, 1.165) is 17.7 Å². The number of hydrogen-bond acceptors (Lipinski definition) is 2. The number of nitrogens with zero attached hydrogens (tertiary/aromatic N) is 1. The summed E-state index contributed by atoms with van der Waals surface area (Å²) >= 11 is 0. The second kappa shape index (κ2) is 4.91. The first-order valence-corrected chi connectivity index (χ1v) is 5.26. The van der Waals surface area contributed by atoms with Crippen molar-refractivity contribution in [1.29, 1.82) is 0 Å². The third-order valence-electron chi connectivity index (χ3n) is 2.34. The van der Waals surface area contributed by atoms with Gasteiger partial charge in [0.1, 0.15) is 0 Å². The molecule has 18 heavy (non-hydrogen) atoms. The molecule has 1 heterocycles. The van der Waals surface area contributed by atoms with Crippen LogP contribution < -0.4 is 5.32 Å². The fourth-order valence-electron chi connectivity index (χ4n) is 1.49. The van der Waals surface area contributed by atoms with E-state index in [0.29, 0.717) is 5.56 Å². The van der Waals surface area contributed by atoms with Crippen molar-refractivity contribution in [2.75, 3.05) is 5.32 Å². The average molecular weight is 248 g/mol. The van der Waals surface area contributed by atoms with Crippen LogP contribution in [0.25, 0.3) is 0 Å². The minimum absolute atomic E-state index is 0.150. The van der Waals surface area contributed by atoms with Crippen LogP contribution in [-0.2, 0) is 0 Å². The summed E-state index contributed by atoms with van der Waals surface area (Å²) in [4.78, 5) is 14.8. The molecule has 1 aromatic heterocycles. The number of anilines is 1. The van der Waals surface area contributed by atoms with Crippen molar-refractivity contribution in [3.8, 4) is 0 Å². The minimum Gasteiger partial charge on any atom is -0.318 e. The first-order valence-electron chi connectivity index (χ1n) is 5.26. The van der Waals surface area contributed by atoms with Gasteiger partial charge in [0, 0.05) is 5.56 Å². The predicted octanol–water partition coefficient (Wildman–Crippen LogP) is 2.92. The predicted molar refractivity (Wildman–Crippen MR) is 63.3 cm³/mol. The number of hydrogen-bond donors (Lipinski definition) is 1. The number of aryl methyl sites for hydroxylation is 1. The van der Waals surface area contributed by atoms with Gasteiger partial charge >= 0.3 is 0 Å². The van der Waals surface area contributed by atoms with E-state index in [2.05, 4.69) is 10.3 Å². The van der Waals surface area contributed by atoms with Gasteiger partial charge in [-0.15, -0.1) is 0 Å². The summed E-state index contributed by atoms with van der Waals surface area (Å²) < 4.78 is 25.8. The molecule has 0 bridgehead atoms. The van der Waals surface area contributed by atoms with Crippen LogP contribution in [0.2, 0.25) is 0 Å². The molecule has 0 saturated heterocycles. The van der Waals surface area contributed by atoms with Crippen molar-refractivity contribution in [2.24, 2.45) is 0 Å². The van der Waals surface area contributed by atoms with Gasteiger partial charge in [-0.3, -0.25) is 4.79 Å². The van der Waals surface area contributed by atoms with Crippen molar-refractivity contribution in [3.05, 3.63) is 59.4 Å². The van der Waals surface area contributed by atoms with Gasteiger partial charge in [0.15, 0.2) is 0 Å². The van der Waals surface area contributed by atoms with Crippen LogP contribution in [0.3, 0.4) is 0 Å². The Labute approximate surface area is 102 Å². The first kappa shape index (κ1) is 12.2. The van der Waals surface area contributed by atoms with Gasteiger partial charge in [-0.05, 0) is 31.2 Å². The number of rotatable bonds is 2. The van der Waals surface area contributed by atoms with Gasteiger partial charge in [0.2, 0.25) is 11.9 Å². The molecule has 3 nitrogen and oxygen atoms in total. The number of halogens is 2. The van der Waals surface area contributed by atoms with E-state index in [-0.39, 0.29) is 5.69 Å². The molecular weight excluding hydrogens is 238 g/mol. The van der Waals surface area contributed by atoms with Gasteiger partial charge in [0.05, 0.1) is 5.69 Å². The number of pyridine rings is 1. The summed E-state index contributed by atoms with van der Waals surface area (Å²) in [5.41, 5.74) is 1.17. The van der Waals surface area contributed by atoms with Crippen LogP contribution in [0.15, 0.2) is 36.4 Å². The SMILES string of the molecule is Cc1cccc(C(=O)Nc2ccc(F)nc2F)c1. The molecule has 0 radical (unpaired) electrons. The zero-order valence-corrected chi connectivity index (χ0v) is 9.58. The number of nitrogens with one attached hydrogen (secondary N) is 1. The summed E-state index contributed by atoms with van der Waals surface area (Å²) in [7, 11) is 0. The average Bonchev–Trinajstić information content (AvgIpc) is 2.32. The third-order valence-corrected chi connectivity index (χ3v) is 2.34. The summed E-state index contributed by atoms with van der Waals surface area (Å²) in [5.74, 6) is -2.44. The van der Waals surface area contributed by atoms with Gasteiger partial charge in [-0.25, -0.2) is 0 Å². The highest BCUT2D eigenvalue weighted by atomic mass is 19.1. The Morgan fingerprint density at radius 1 is 1.22 bits per heavy atom. The lowest BCUT2D eigenvalue weighted by atomic mass is 10.1. The molecule has 1 aromatic carbocycles. The van der Waals surface area contributed by atoms with Crippen molar-refractivity contribution in [2.45, 2.75) is 6.92 Å². The van der Waals surface area contributed by atoms with Crippen LogP contribution in [0.5, 0.6) is 0 Å². The molecule has 0 unspecified atom stereocenters. The highest BCUT2D eigenvalue weighted by molar-refractivity contribution is 6.04. The topological polar surface area (TPSA) is 42.0 Å². The summed E-state index contributed by atoms with van der Waals surface area (Å²) in [5, 5.41) is 2.34. The first-order chi connectivity index (χ1) is 8.56. The molecule has 5 heteroatoms. The highest BCUT2D eigenvalue weighted by Gasteiger charge is 2.10. The quantitative estimate of drug-likeness (QED) is 0.830. The van der Waals surface area contributed by atoms with Gasteiger partial charge in [0.25, 0.3) is 5.91 Å². The lowest BCUT2D eigenvalue weighted by molar-refractivity contribution is 0.102. The number of carbonyl (C=O) groups is 1. The normalized spacial score (nSPS) is 10.2. The van der Waals surface area contributed by atoms with E-state index in [1.807, 2.05) is 13.0 Å².